The molecule has 0 heterocycles. The van der Waals surface area contributed by atoms with E-state index in [0.29, 0.717) is 6.42 Å². The fraction of sp³-hybridized carbons (Fsp3) is 0.467. The van der Waals surface area contributed by atoms with Crippen molar-refractivity contribution in [3.05, 3.63) is 28.2 Å². The Kier molecular flexibility index (Phi) is 5.74. The molecule has 4 nitrogen and oxygen atoms in total. The predicted molar refractivity (Wildman–Crippen MR) is 82.8 cm³/mol. The minimum Gasteiger partial charge on any atom is -0.481 e. The van der Waals surface area contributed by atoms with E-state index in [9.17, 15) is 9.59 Å². The van der Waals surface area contributed by atoms with Crippen molar-refractivity contribution in [1.29, 1.82) is 0 Å². The van der Waals surface area contributed by atoms with Gasteiger partial charge in [0.15, 0.2) is 0 Å². The first-order valence-electron chi connectivity index (χ1n) is 6.53. The number of hydrogen-bond donors (Lipinski definition) is 2. The number of nitrogens with one attached hydrogen (secondary N) is 1. The lowest BCUT2D eigenvalue weighted by Crippen LogP contribution is -2.27. The molecule has 0 bridgehead atoms. The Balaban J connectivity index is 2.73. The Hall–Kier alpha value is -1.36. The van der Waals surface area contributed by atoms with Gasteiger partial charge in [0.25, 0.3) is 0 Å². The Morgan fingerprint density at radius 3 is 2.50 bits per heavy atom. The molecule has 0 saturated carbocycles. The topological polar surface area (TPSA) is 66.4 Å². The van der Waals surface area contributed by atoms with Gasteiger partial charge in [-0.3, -0.25) is 9.59 Å². The second-order valence-corrected chi connectivity index (χ2v) is 6.33. The highest BCUT2D eigenvalue weighted by Gasteiger charge is 2.28. The van der Waals surface area contributed by atoms with E-state index in [1.807, 2.05) is 39.0 Å². The monoisotopic (exact) mass is 341 g/mol. The zero-order valence-electron chi connectivity index (χ0n) is 12.0. The molecule has 0 aromatic heterocycles. The molecule has 0 saturated heterocycles. The van der Waals surface area contributed by atoms with Crippen LogP contribution in [0.3, 0.4) is 0 Å². The second kappa shape index (κ2) is 6.88. The largest absolute Gasteiger partial charge is 0.481 e. The molecule has 1 amide bonds. The van der Waals surface area contributed by atoms with E-state index in [0.717, 1.165) is 15.7 Å². The summed E-state index contributed by atoms with van der Waals surface area (Å²) in [4.78, 5) is 23.0. The Morgan fingerprint density at radius 2 is 2.00 bits per heavy atom. The van der Waals surface area contributed by atoms with Crippen molar-refractivity contribution in [3.8, 4) is 0 Å². The molecular weight excluding hydrogens is 322 g/mol. The summed E-state index contributed by atoms with van der Waals surface area (Å²) < 4.78 is 0.956. The van der Waals surface area contributed by atoms with E-state index in [1.165, 1.54) is 0 Å². The van der Waals surface area contributed by atoms with Crippen LogP contribution in [0, 0.1) is 12.3 Å². The molecule has 5 heteroatoms. The third kappa shape index (κ3) is 4.96. The zero-order valence-corrected chi connectivity index (χ0v) is 13.6. The number of anilines is 1. The minimum atomic E-state index is -0.873. The molecule has 0 spiro atoms. The van der Waals surface area contributed by atoms with E-state index in [1.54, 1.807) is 0 Å². The average molecular weight is 342 g/mol. The summed E-state index contributed by atoms with van der Waals surface area (Å²) >= 11 is 3.37. The predicted octanol–water partition coefficient (Wildman–Crippen LogP) is 3.98. The number of benzene rings is 1. The van der Waals surface area contributed by atoms with E-state index in [4.69, 9.17) is 5.11 Å². The summed E-state index contributed by atoms with van der Waals surface area (Å²) in [5.74, 6) is -1.03. The smallest absolute Gasteiger partial charge is 0.303 e. The number of rotatable bonds is 6. The lowest BCUT2D eigenvalue weighted by Gasteiger charge is -2.25. The maximum absolute atomic E-state index is 12.1. The van der Waals surface area contributed by atoms with Crippen LogP contribution in [0.2, 0.25) is 0 Å². The van der Waals surface area contributed by atoms with Gasteiger partial charge in [-0.05, 0) is 42.5 Å². The first kappa shape index (κ1) is 16.7. The van der Waals surface area contributed by atoms with Crippen LogP contribution in [-0.2, 0) is 9.59 Å². The van der Waals surface area contributed by atoms with Gasteiger partial charge >= 0.3 is 5.97 Å². The molecular formula is C15H20BrNO3. The zero-order chi connectivity index (χ0) is 15.3. The van der Waals surface area contributed by atoms with Gasteiger partial charge in [0, 0.05) is 16.6 Å². The minimum absolute atomic E-state index is 0.00373. The van der Waals surface area contributed by atoms with Gasteiger partial charge < -0.3 is 10.4 Å². The van der Waals surface area contributed by atoms with Gasteiger partial charge in [-0.1, -0.05) is 29.8 Å². The number of carbonyl (C=O) groups is 2. The number of aliphatic carboxylic acids is 1. The molecule has 1 rings (SSSR count). The number of carboxylic acids is 1. The molecule has 1 aromatic carbocycles. The molecule has 1 unspecified atom stereocenters. The van der Waals surface area contributed by atoms with Gasteiger partial charge in [0.05, 0.1) is 6.42 Å². The van der Waals surface area contributed by atoms with Crippen LogP contribution < -0.4 is 5.32 Å². The van der Waals surface area contributed by atoms with Crippen molar-refractivity contribution in [2.45, 2.75) is 40.0 Å². The molecule has 2 N–H and O–H groups in total. The summed E-state index contributed by atoms with van der Waals surface area (Å²) in [5.41, 5.74) is 1.20. The third-order valence-corrected chi connectivity index (χ3v) is 3.97. The van der Waals surface area contributed by atoms with Crippen molar-refractivity contribution in [3.63, 3.8) is 0 Å². The molecule has 110 valence electrons. The molecule has 0 radical (unpaired) electrons. The Bertz CT molecular complexity index is 516. The highest BCUT2D eigenvalue weighted by atomic mass is 79.9. The summed E-state index contributed by atoms with van der Waals surface area (Å²) in [6.45, 7) is 5.65. The van der Waals surface area contributed by atoms with Crippen LogP contribution in [0.1, 0.15) is 38.7 Å². The van der Waals surface area contributed by atoms with E-state index in [2.05, 4.69) is 21.2 Å². The van der Waals surface area contributed by atoms with Crippen molar-refractivity contribution in [1.82, 2.24) is 0 Å². The van der Waals surface area contributed by atoms with Gasteiger partial charge in [-0.25, -0.2) is 0 Å². The van der Waals surface area contributed by atoms with Crippen molar-refractivity contribution in [2.24, 2.45) is 5.41 Å². The van der Waals surface area contributed by atoms with Crippen LogP contribution >= 0.6 is 15.9 Å². The SMILES string of the molecule is CCC(C)(CC(=O)O)CC(=O)Nc1ccc(Br)cc1C. The maximum atomic E-state index is 12.1. The number of hydrogen-bond acceptors (Lipinski definition) is 2. The highest BCUT2D eigenvalue weighted by Crippen LogP contribution is 2.31. The quantitative estimate of drug-likeness (QED) is 0.822. The molecule has 0 aliphatic heterocycles. The Morgan fingerprint density at radius 1 is 1.35 bits per heavy atom. The third-order valence-electron chi connectivity index (χ3n) is 3.48. The van der Waals surface area contributed by atoms with Crippen LogP contribution in [0.4, 0.5) is 5.69 Å². The fourth-order valence-corrected chi connectivity index (χ4v) is 2.50. The standard InChI is InChI=1S/C15H20BrNO3/c1-4-15(3,9-14(19)20)8-13(18)17-12-6-5-11(16)7-10(12)2/h5-7H,4,8-9H2,1-3H3,(H,17,18)(H,19,20). The highest BCUT2D eigenvalue weighted by molar-refractivity contribution is 9.10. The molecule has 20 heavy (non-hydrogen) atoms. The van der Waals surface area contributed by atoms with Crippen LogP contribution in [-0.4, -0.2) is 17.0 Å². The summed E-state index contributed by atoms with van der Waals surface area (Å²) in [6.07, 6.45) is 0.841. The van der Waals surface area contributed by atoms with E-state index in [-0.39, 0.29) is 18.7 Å². The van der Waals surface area contributed by atoms with Crippen LogP contribution in [0.15, 0.2) is 22.7 Å². The van der Waals surface area contributed by atoms with Crippen molar-refractivity contribution < 1.29 is 14.7 Å². The molecule has 0 fully saturated rings. The fourth-order valence-electron chi connectivity index (χ4n) is 2.03. The van der Waals surface area contributed by atoms with Gasteiger partial charge in [-0.2, -0.15) is 0 Å². The summed E-state index contributed by atoms with van der Waals surface area (Å²) in [5, 5.41) is 11.8. The second-order valence-electron chi connectivity index (χ2n) is 5.42. The van der Waals surface area contributed by atoms with Gasteiger partial charge in [-0.15, -0.1) is 0 Å². The number of carbonyl (C=O) groups excluding carboxylic acids is 1. The van der Waals surface area contributed by atoms with Crippen molar-refractivity contribution in [2.75, 3.05) is 5.32 Å². The first-order valence-corrected chi connectivity index (χ1v) is 7.33. The Labute approximate surface area is 127 Å². The van der Waals surface area contributed by atoms with Crippen LogP contribution in [0.5, 0.6) is 0 Å². The molecule has 1 aromatic rings. The van der Waals surface area contributed by atoms with E-state index < -0.39 is 11.4 Å². The average Bonchev–Trinajstić information content (AvgIpc) is 2.31. The molecule has 0 aliphatic rings. The maximum Gasteiger partial charge on any atom is 0.303 e. The number of carboxylic acid groups (broad SMARTS) is 1. The van der Waals surface area contributed by atoms with Crippen LogP contribution in [0.25, 0.3) is 0 Å². The van der Waals surface area contributed by atoms with Crippen molar-refractivity contribution >= 4 is 33.5 Å². The molecule has 1 atom stereocenters. The molecule has 0 aliphatic carbocycles. The first-order chi connectivity index (χ1) is 9.25. The summed E-state index contributed by atoms with van der Waals surface area (Å²) in [6, 6.07) is 5.61. The lowest BCUT2D eigenvalue weighted by molar-refractivity contribution is -0.140. The van der Waals surface area contributed by atoms with E-state index >= 15 is 0 Å². The number of halogens is 1. The number of aryl methyl sites for hydroxylation is 1. The normalized spacial score (nSPS) is 13.6. The lowest BCUT2D eigenvalue weighted by atomic mass is 9.80. The van der Waals surface area contributed by atoms with Gasteiger partial charge in [0.2, 0.25) is 5.91 Å². The summed E-state index contributed by atoms with van der Waals surface area (Å²) in [7, 11) is 0. The number of amides is 1. The van der Waals surface area contributed by atoms with Gasteiger partial charge in [0.1, 0.15) is 0 Å².